The standard InChI is InChI=1S/C25H22F3N3O3/c1-16-8-17(2)10-22(9-16)33-15-21-6-7-23(34-21)24(32)30-20-12-29-31(14-20)13-18-4-3-5-19(11-18)25(26,27)28/h3-12,14H,13,15H2,1-2H3,(H,30,32). The molecule has 2 aromatic carbocycles. The largest absolute Gasteiger partial charge is 0.486 e. The number of anilines is 1. The number of nitrogens with one attached hydrogen (secondary N) is 1. The van der Waals surface area contributed by atoms with E-state index in [-0.39, 0.29) is 18.9 Å². The fourth-order valence-electron chi connectivity index (χ4n) is 3.49. The molecule has 0 unspecified atom stereocenters. The second kappa shape index (κ2) is 9.46. The minimum atomic E-state index is -4.41. The minimum Gasteiger partial charge on any atom is -0.486 e. The summed E-state index contributed by atoms with van der Waals surface area (Å²) in [7, 11) is 0. The molecule has 0 aliphatic rings. The molecule has 0 radical (unpaired) electrons. The number of alkyl halides is 3. The van der Waals surface area contributed by atoms with E-state index in [1.807, 2.05) is 32.0 Å². The highest BCUT2D eigenvalue weighted by molar-refractivity contribution is 6.02. The Morgan fingerprint density at radius 3 is 2.59 bits per heavy atom. The van der Waals surface area contributed by atoms with Gasteiger partial charge in [-0.2, -0.15) is 18.3 Å². The number of benzene rings is 2. The van der Waals surface area contributed by atoms with Crippen molar-refractivity contribution in [1.82, 2.24) is 9.78 Å². The number of aromatic nitrogens is 2. The number of aryl methyl sites for hydroxylation is 2. The van der Waals surface area contributed by atoms with Crippen LogP contribution in [0.3, 0.4) is 0 Å². The Hall–Kier alpha value is -4.01. The van der Waals surface area contributed by atoms with E-state index in [0.717, 1.165) is 23.3 Å². The summed E-state index contributed by atoms with van der Waals surface area (Å²) in [5.41, 5.74) is 2.28. The molecule has 9 heteroatoms. The van der Waals surface area contributed by atoms with Crippen molar-refractivity contribution < 1.29 is 27.1 Å². The first-order valence-electron chi connectivity index (χ1n) is 10.5. The van der Waals surface area contributed by atoms with Crippen LogP contribution in [0.5, 0.6) is 5.75 Å². The number of hydrogen-bond acceptors (Lipinski definition) is 4. The summed E-state index contributed by atoms with van der Waals surface area (Å²) >= 11 is 0. The van der Waals surface area contributed by atoms with Gasteiger partial charge < -0.3 is 14.5 Å². The molecule has 1 amide bonds. The number of furan rings is 1. The smallest absolute Gasteiger partial charge is 0.416 e. The third-order valence-corrected chi connectivity index (χ3v) is 4.95. The summed E-state index contributed by atoms with van der Waals surface area (Å²) in [5, 5.41) is 6.77. The second-order valence-corrected chi connectivity index (χ2v) is 7.96. The molecule has 0 saturated heterocycles. The number of ether oxygens (including phenoxy) is 1. The van der Waals surface area contributed by atoms with Crippen LogP contribution in [0.4, 0.5) is 18.9 Å². The number of rotatable bonds is 7. The Bertz CT molecular complexity index is 1290. The van der Waals surface area contributed by atoms with Gasteiger partial charge in [0.05, 0.1) is 24.0 Å². The van der Waals surface area contributed by atoms with Crippen LogP contribution in [0.2, 0.25) is 0 Å². The molecular weight excluding hydrogens is 447 g/mol. The third-order valence-electron chi connectivity index (χ3n) is 4.95. The van der Waals surface area contributed by atoms with Gasteiger partial charge in [-0.3, -0.25) is 9.48 Å². The predicted octanol–water partition coefficient (Wildman–Crippen LogP) is 5.99. The molecule has 1 N–H and O–H groups in total. The van der Waals surface area contributed by atoms with Crippen molar-refractivity contribution in [3.63, 3.8) is 0 Å². The molecule has 0 saturated carbocycles. The SMILES string of the molecule is Cc1cc(C)cc(OCc2ccc(C(=O)Nc3cnn(Cc4cccc(C(F)(F)F)c4)c3)o2)c1. The van der Waals surface area contributed by atoms with E-state index in [2.05, 4.69) is 10.4 Å². The van der Waals surface area contributed by atoms with Gasteiger partial charge in [-0.25, -0.2) is 0 Å². The second-order valence-electron chi connectivity index (χ2n) is 7.96. The van der Waals surface area contributed by atoms with Crippen molar-refractivity contribution in [2.75, 3.05) is 5.32 Å². The lowest BCUT2D eigenvalue weighted by atomic mass is 10.1. The topological polar surface area (TPSA) is 69.3 Å². The number of nitrogens with zero attached hydrogens (tertiary/aromatic N) is 2. The molecule has 0 atom stereocenters. The fraction of sp³-hybridized carbons (Fsp3) is 0.200. The molecular formula is C25H22F3N3O3. The molecule has 0 fully saturated rings. The van der Waals surface area contributed by atoms with Gasteiger partial charge in [0, 0.05) is 6.20 Å². The van der Waals surface area contributed by atoms with Crippen LogP contribution >= 0.6 is 0 Å². The first-order chi connectivity index (χ1) is 16.2. The number of halogens is 3. The lowest BCUT2D eigenvalue weighted by Gasteiger charge is -2.08. The zero-order valence-corrected chi connectivity index (χ0v) is 18.5. The molecule has 6 nitrogen and oxygen atoms in total. The molecule has 2 aromatic heterocycles. The lowest BCUT2D eigenvalue weighted by Crippen LogP contribution is -2.10. The van der Waals surface area contributed by atoms with E-state index in [9.17, 15) is 18.0 Å². The van der Waals surface area contributed by atoms with E-state index < -0.39 is 17.6 Å². The van der Waals surface area contributed by atoms with Crippen LogP contribution in [-0.4, -0.2) is 15.7 Å². The van der Waals surface area contributed by atoms with Crippen LogP contribution in [-0.2, 0) is 19.3 Å². The average molecular weight is 469 g/mol. The Balaban J connectivity index is 1.35. The first-order valence-corrected chi connectivity index (χ1v) is 10.5. The molecule has 176 valence electrons. The van der Waals surface area contributed by atoms with Crippen molar-refractivity contribution in [2.45, 2.75) is 33.2 Å². The van der Waals surface area contributed by atoms with Crippen LogP contribution in [0.25, 0.3) is 0 Å². The van der Waals surface area contributed by atoms with E-state index in [1.165, 1.54) is 23.1 Å². The van der Waals surface area contributed by atoms with Gasteiger partial charge in [0.1, 0.15) is 18.1 Å². The Morgan fingerprint density at radius 2 is 1.85 bits per heavy atom. The van der Waals surface area contributed by atoms with Crippen LogP contribution in [0.1, 0.15) is 38.6 Å². The van der Waals surface area contributed by atoms with E-state index in [1.54, 1.807) is 18.2 Å². The van der Waals surface area contributed by atoms with Crippen LogP contribution < -0.4 is 10.1 Å². The van der Waals surface area contributed by atoms with Crippen molar-refractivity contribution in [2.24, 2.45) is 0 Å². The summed E-state index contributed by atoms with van der Waals surface area (Å²) in [4.78, 5) is 12.5. The quantitative estimate of drug-likeness (QED) is 0.361. The maximum Gasteiger partial charge on any atom is 0.416 e. The molecule has 0 bridgehead atoms. The highest BCUT2D eigenvalue weighted by Crippen LogP contribution is 2.29. The Kier molecular flexibility index (Phi) is 6.45. The van der Waals surface area contributed by atoms with E-state index in [4.69, 9.17) is 9.15 Å². The zero-order chi connectivity index (χ0) is 24.3. The molecule has 34 heavy (non-hydrogen) atoms. The van der Waals surface area contributed by atoms with Gasteiger partial charge in [0.2, 0.25) is 0 Å². The average Bonchev–Trinajstić information content (AvgIpc) is 3.41. The van der Waals surface area contributed by atoms with Gasteiger partial charge in [0.25, 0.3) is 5.91 Å². The summed E-state index contributed by atoms with van der Waals surface area (Å²) in [6.45, 7) is 4.26. The molecule has 0 aliphatic carbocycles. The van der Waals surface area contributed by atoms with Crippen LogP contribution in [0.15, 0.2) is 71.4 Å². The molecule has 4 rings (SSSR count). The number of carbonyl (C=O) groups is 1. The van der Waals surface area contributed by atoms with E-state index in [0.29, 0.717) is 22.8 Å². The van der Waals surface area contributed by atoms with Gasteiger partial charge >= 0.3 is 6.18 Å². The minimum absolute atomic E-state index is 0.102. The van der Waals surface area contributed by atoms with Crippen molar-refractivity contribution in [3.05, 3.63) is 101 Å². The number of hydrogen-bond donors (Lipinski definition) is 1. The highest BCUT2D eigenvalue weighted by atomic mass is 19.4. The van der Waals surface area contributed by atoms with Gasteiger partial charge in [0.15, 0.2) is 5.76 Å². The highest BCUT2D eigenvalue weighted by Gasteiger charge is 2.30. The summed E-state index contributed by atoms with van der Waals surface area (Å²) in [5.74, 6) is 0.832. The molecule has 4 aromatic rings. The maximum atomic E-state index is 12.9. The number of amides is 1. The van der Waals surface area contributed by atoms with Gasteiger partial charge in [-0.1, -0.05) is 18.2 Å². The predicted molar refractivity (Wildman–Crippen MR) is 120 cm³/mol. The van der Waals surface area contributed by atoms with Crippen molar-refractivity contribution in [1.29, 1.82) is 0 Å². The van der Waals surface area contributed by atoms with Crippen LogP contribution in [0, 0.1) is 13.8 Å². The molecule has 0 aliphatic heterocycles. The summed E-state index contributed by atoms with van der Waals surface area (Å²) in [6.07, 6.45) is -1.46. The maximum absolute atomic E-state index is 12.9. The monoisotopic (exact) mass is 469 g/mol. The summed E-state index contributed by atoms with van der Waals surface area (Å²) < 4.78 is 51.5. The zero-order valence-electron chi connectivity index (χ0n) is 18.5. The number of carbonyl (C=O) groups excluding carboxylic acids is 1. The van der Waals surface area contributed by atoms with Crippen molar-refractivity contribution in [3.8, 4) is 5.75 Å². The first kappa shape index (κ1) is 23.2. The molecule has 2 heterocycles. The Labute approximate surface area is 194 Å². The summed E-state index contributed by atoms with van der Waals surface area (Å²) in [6, 6.07) is 14.1. The normalized spacial score (nSPS) is 11.4. The van der Waals surface area contributed by atoms with Gasteiger partial charge in [-0.15, -0.1) is 0 Å². The molecule has 0 spiro atoms. The lowest BCUT2D eigenvalue weighted by molar-refractivity contribution is -0.137. The van der Waals surface area contributed by atoms with E-state index >= 15 is 0 Å². The Morgan fingerprint density at radius 1 is 1.09 bits per heavy atom. The van der Waals surface area contributed by atoms with Crippen molar-refractivity contribution >= 4 is 11.6 Å². The fourth-order valence-corrected chi connectivity index (χ4v) is 3.49. The third kappa shape index (κ3) is 5.86. The van der Waals surface area contributed by atoms with Gasteiger partial charge in [-0.05, 0) is 66.9 Å².